The Balaban J connectivity index is 2.55. The number of rotatable bonds is 4. The van der Waals surface area contributed by atoms with Gasteiger partial charge in [-0.15, -0.1) is 0 Å². The van der Waals surface area contributed by atoms with Crippen molar-refractivity contribution < 1.29 is 14.6 Å². The molecule has 1 unspecified atom stereocenters. The minimum atomic E-state index is -0.832. The third-order valence-corrected chi connectivity index (χ3v) is 4.14. The van der Waals surface area contributed by atoms with Crippen LogP contribution in [0.5, 0.6) is 5.75 Å². The van der Waals surface area contributed by atoms with Crippen molar-refractivity contribution >= 4 is 11.5 Å². The molecule has 1 aromatic carbocycles. The van der Waals surface area contributed by atoms with Crippen molar-refractivity contribution in [3.8, 4) is 5.75 Å². The number of fused-ring (bicyclic) bond motifs is 1. The van der Waals surface area contributed by atoms with Crippen LogP contribution < -0.4 is 4.74 Å². The predicted octanol–water partition coefficient (Wildman–Crippen LogP) is 3.53. The van der Waals surface area contributed by atoms with Gasteiger partial charge in [-0.25, -0.2) is 0 Å². The minimum Gasteiger partial charge on any atom is -0.497 e. The second kappa shape index (κ2) is 5.08. The van der Waals surface area contributed by atoms with Crippen LogP contribution in [0.25, 0.3) is 5.57 Å². The summed E-state index contributed by atoms with van der Waals surface area (Å²) in [5.41, 5.74) is 2.32. The van der Waals surface area contributed by atoms with Gasteiger partial charge in [0.1, 0.15) is 5.75 Å². The molecule has 0 saturated heterocycles. The number of carboxylic acid groups (broad SMARTS) is 1. The highest BCUT2D eigenvalue weighted by Crippen LogP contribution is 2.43. The summed E-state index contributed by atoms with van der Waals surface area (Å²) in [6, 6.07) is 5.93. The molecule has 1 N–H and O–H groups in total. The highest BCUT2D eigenvalue weighted by Gasteiger charge is 2.37. The fourth-order valence-corrected chi connectivity index (χ4v) is 2.61. The van der Waals surface area contributed by atoms with Crippen molar-refractivity contribution in [1.82, 2.24) is 0 Å². The Labute approximate surface area is 113 Å². The Morgan fingerprint density at radius 3 is 2.79 bits per heavy atom. The summed E-state index contributed by atoms with van der Waals surface area (Å²) in [4.78, 5) is 11.6. The van der Waals surface area contributed by atoms with Gasteiger partial charge in [-0.2, -0.15) is 0 Å². The zero-order valence-corrected chi connectivity index (χ0v) is 11.7. The van der Waals surface area contributed by atoms with Gasteiger partial charge in [-0.05, 0) is 55.0 Å². The molecule has 0 aromatic heterocycles. The second-order valence-corrected chi connectivity index (χ2v) is 5.17. The summed E-state index contributed by atoms with van der Waals surface area (Å²) < 4.78 is 5.26. The summed E-state index contributed by atoms with van der Waals surface area (Å²) in [6.45, 7) is 3.72. The van der Waals surface area contributed by atoms with E-state index in [4.69, 9.17) is 4.74 Å². The van der Waals surface area contributed by atoms with E-state index in [0.29, 0.717) is 6.42 Å². The molecule has 0 heterocycles. The van der Waals surface area contributed by atoms with E-state index >= 15 is 0 Å². The molecule has 0 amide bonds. The highest BCUT2D eigenvalue weighted by atomic mass is 16.5. The van der Waals surface area contributed by atoms with Crippen LogP contribution in [0.3, 0.4) is 0 Å². The largest absolute Gasteiger partial charge is 0.497 e. The molecule has 3 heteroatoms. The molecule has 0 radical (unpaired) electrons. The average Bonchev–Trinajstić information content (AvgIpc) is 2.44. The van der Waals surface area contributed by atoms with Crippen molar-refractivity contribution in [3.05, 3.63) is 35.4 Å². The lowest BCUT2D eigenvalue weighted by atomic mass is 9.72. The van der Waals surface area contributed by atoms with Crippen LogP contribution in [0.1, 0.15) is 37.8 Å². The van der Waals surface area contributed by atoms with Gasteiger partial charge in [0.2, 0.25) is 0 Å². The predicted molar refractivity (Wildman–Crippen MR) is 75.3 cm³/mol. The van der Waals surface area contributed by atoms with Crippen molar-refractivity contribution in [2.45, 2.75) is 33.1 Å². The maximum absolute atomic E-state index is 11.6. The molecule has 19 heavy (non-hydrogen) atoms. The first kappa shape index (κ1) is 13.7. The second-order valence-electron chi connectivity index (χ2n) is 5.17. The molecule has 1 atom stereocenters. The van der Waals surface area contributed by atoms with E-state index in [2.05, 4.69) is 6.08 Å². The highest BCUT2D eigenvalue weighted by molar-refractivity contribution is 5.93. The molecule has 0 spiro atoms. The SMILES string of the molecule is CCC(C)(C(=O)O)C1=CCCc2ccc(OC)cc21. The summed E-state index contributed by atoms with van der Waals surface area (Å²) in [5, 5.41) is 9.56. The lowest BCUT2D eigenvalue weighted by Crippen LogP contribution is -2.29. The van der Waals surface area contributed by atoms with Crippen molar-refractivity contribution in [3.63, 3.8) is 0 Å². The number of aliphatic carboxylic acids is 1. The van der Waals surface area contributed by atoms with Crippen LogP contribution in [0, 0.1) is 5.41 Å². The first-order chi connectivity index (χ1) is 9.02. The monoisotopic (exact) mass is 260 g/mol. The van der Waals surface area contributed by atoms with Gasteiger partial charge in [0.15, 0.2) is 0 Å². The maximum Gasteiger partial charge on any atom is 0.313 e. The molecule has 1 aromatic rings. The van der Waals surface area contributed by atoms with E-state index < -0.39 is 11.4 Å². The van der Waals surface area contributed by atoms with Crippen LogP contribution in [0.2, 0.25) is 0 Å². The Kier molecular flexibility index (Phi) is 3.65. The molecule has 0 aliphatic heterocycles. The molecule has 3 nitrogen and oxygen atoms in total. The first-order valence-corrected chi connectivity index (χ1v) is 6.64. The molecular formula is C16H20O3. The summed E-state index contributed by atoms with van der Waals surface area (Å²) >= 11 is 0. The lowest BCUT2D eigenvalue weighted by molar-refractivity contribution is -0.144. The first-order valence-electron chi connectivity index (χ1n) is 6.64. The van der Waals surface area contributed by atoms with Crippen molar-refractivity contribution in [1.29, 1.82) is 0 Å². The van der Waals surface area contributed by atoms with E-state index in [9.17, 15) is 9.90 Å². The number of methoxy groups -OCH3 is 1. The van der Waals surface area contributed by atoms with Gasteiger partial charge in [-0.1, -0.05) is 19.1 Å². The molecule has 0 fully saturated rings. The number of carbonyl (C=O) groups is 1. The number of carboxylic acids is 1. The smallest absolute Gasteiger partial charge is 0.313 e. The Bertz CT molecular complexity index is 531. The van der Waals surface area contributed by atoms with E-state index in [0.717, 1.165) is 29.7 Å². The number of allylic oxidation sites excluding steroid dienone is 1. The quantitative estimate of drug-likeness (QED) is 0.900. The van der Waals surface area contributed by atoms with E-state index in [-0.39, 0.29) is 0 Å². The van der Waals surface area contributed by atoms with Gasteiger partial charge in [0, 0.05) is 0 Å². The van der Waals surface area contributed by atoms with E-state index in [1.807, 2.05) is 25.1 Å². The molecule has 2 rings (SSSR count). The van der Waals surface area contributed by atoms with Gasteiger partial charge < -0.3 is 9.84 Å². The van der Waals surface area contributed by atoms with Crippen molar-refractivity contribution in [2.75, 3.05) is 7.11 Å². The van der Waals surface area contributed by atoms with Gasteiger partial charge in [-0.3, -0.25) is 4.79 Å². The maximum atomic E-state index is 11.6. The number of benzene rings is 1. The molecule has 1 aliphatic rings. The van der Waals surface area contributed by atoms with Crippen LogP contribution in [-0.2, 0) is 11.2 Å². The average molecular weight is 260 g/mol. The molecule has 102 valence electrons. The standard InChI is InChI=1S/C16H20O3/c1-4-16(2,15(17)18)14-7-5-6-11-8-9-12(19-3)10-13(11)14/h7-10H,4-6H2,1-3H3,(H,17,18). The van der Waals surface area contributed by atoms with E-state index in [1.165, 1.54) is 5.56 Å². The van der Waals surface area contributed by atoms with Crippen LogP contribution in [0.4, 0.5) is 0 Å². The van der Waals surface area contributed by atoms with Gasteiger partial charge in [0.25, 0.3) is 0 Å². The van der Waals surface area contributed by atoms with Crippen molar-refractivity contribution in [2.24, 2.45) is 5.41 Å². The van der Waals surface area contributed by atoms with Crippen LogP contribution >= 0.6 is 0 Å². The fraction of sp³-hybridized carbons (Fsp3) is 0.438. The topological polar surface area (TPSA) is 46.5 Å². The van der Waals surface area contributed by atoms with Gasteiger partial charge in [0.05, 0.1) is 12.5 Å². The number of hydrogen-bond acceptors (Lipinski definition) is 2. The van der Waals surface area contributed by atoms with E-state index in [1.54, 1.807) is 14.0 Å². The molecular weight excluding hydrogens is 240 g/mol. The van der Waals surface area contributed by atoms with Crippen LogP contribution in [-0.4, -0.2) is 18.2 Å². The Morgan fingerprint density at radius 2 is 2.21 bits per heavy atom. The Hall–Kier alpha value is -1.77. The molecule has 1 aliphatic carbocycles. The summed E-state index contributed by atoms with van der Waals surface area (Å²) in [5.74, 6) is 0.00677. The third-order valence-electron chi connectivity index (χ3n) is 4.14. The number of ether oxygens (including phenoxy) is 1. The number of hydrogen-bond donors (Lipinski definition) is 1. The zero-order chi connectivity index (χ0) is 14.0. The minimum absolute atomic E-state index is 0.574. The normalized spacial score (nSPS) is 17.1. The van der Waals surface area contributed by atoms with Crippen LogP contribution in [0.15, 0.2) is 24.3 Å². The number of aryl methyl sites for hydroxylation is 1. The summed E-state index contributed by atoms with van der Waals surface area (Å²) in [7, 11) is 1.63. The molecule has 0 bridgehead atoms. The fourth-order valence-electron chi connectivity index (χ4n) is 2.61. The Morgan fingerprint density at radius 1 is 1.47 bits per heavy atom. The zero-order valence-electron chi connectivity index (χ0n) is 11.7. The summed E-state index contributed by atoms with van der Waals surface area (Å²) in [6.07, 6.45) is 4.50. The van der Waals surface area contributed by atoms with Gasteiger partial charge >= 0.3 is 5.97 Å². The lowest BCUT2D eigenvalue weighted by Gasteiger charge is -2.31. The third kappa shape index (κ3) is 2.25. The molecule has 0 saturated carbocycles.